The number of benzene rings is 2. The molecule has 1 aliphatic rings. The number of pyridine rings is 1. The zero-order valence-corrected chi connectivity index (χ0v) is 19.2. The topological polar surface area (TPSA) is 92.1 Å². The minimum atomic E-state index is -0.166. The highest BCUT2D eigenvalue weighted by molar-refractivity contribution is 5.87. The van der Waals surface area contributed by atoms with Gasteiger partial charge in [-0.25, -0.2) is 9.78 Å². The van der Waals surface area contributed by atoms with Crippen LogP contribution < -0.4 is 16.2 Å². The predicted molar refractivity (Wildman–Crippen MR) is 133 cm³/mol. The Hall–Kier alpha value is -3.87. The number of imidazole rings is 1. The van der Waals surface area contributed by atoms with E-state index in [2.05, 4.69) is 4.98 Å². The Morgan fingerprint density at radius 3 is 2.53 bits per heavy atom. The first kappa shape index (κ1) is 21.9. The fourth-order valence-electron chi connectivity index (χ4n) is 5.05. The summed E-state index contributed by atoms with van der Waals surface area (Å²) < 4.78 is 9.33. The fraction of sp³-hybridized carbons (Fsp3) is 0.296. The number of anilines is 1. The van der Waals surface area contributed by atoms with Crippen molar-refractivity contribution in [2.24, 2.45) is 5.92 Å². The van der Waals surface area contributed by atoms with E-state index in [9.17, 15) is 9.59 Å². The lowest BCUT2D eigenvalue weighted by Gasteiger charge is -2.29. The maximum Gasteiger partial charge on any atom is 0.334 e. The summed E-state index contributed by atoms with van der Waals surface area (Å²) in [5.41, 5.74) is 8.13. The SMILES string of the molecule is CCC(=O)C1CCCC(n2c(=O)n(-c3ccc(Oc4ccccc4)cc3)c3c(N)nccc32)C1. The highest BCUT2D eigenvalue weighted by Gasteiger charge is 2.30. The first-order valence-electron chi connectivity index (χ1n) is 11.8. The summed E-state index contributed by atoms with van der Waals surface area (Å²) in [5.74, 6) is 1.99. The van der Waals surface area contributed by atoms with Gasteiger partial charge in [-0.15, -0.1) is 0 Å². The Kier molecular flexibility index (Phi) is 5.92. The number of hydrogen-bond acceptors (Lipinski definition) is 5. The molecule has 7 heteroatoms. The summed E-state index contributed by atoms with van der Waals surface area (Å²) in [4.78, 5) is 30.4. The summed E-state index contributed by atoms with van der Waals surface area (Å²) in [7, 11) is 0. The Balaban J connectivity index is 1.55. The van der Waals surface area contributed by atoms with Crippen LogP contribution >= 0.6 is 0 Å². The van der Waals surface area contributed by atoms with Crippen molar-refractivity contribution in [3.05, 3.63) is 77.3 Å². The lowest BCUT2D eigenvalue weighted by Crippen LogP contribution is -2.31. The van der Waals surface area contributed by atoms with Crippen LogP contribution in [0, 0.1) is 5.92 Å². The molecule has 2 unspecified atom stereocenters. The molecule has 2 aromatic heterocycles. The van der Waals surface area contributed by atoms with Crippen molar-refractivity contribution in [1.82, 2.24) is 14.1 Å². The van der Waals surface area contributed by atoms with Gasteiger partial charge in [0.15, 0.2) is 0 Å². The van der Waals surface area contributed by atoms with Crippen LogP contribution in [0.5, 0.6) is 11.5 Å². The van der Waals surface area contributed by atoms with Gasteiger partial charge in [0, 0.05) is 24.6 Å². The standard InChI is InChI=1S/C27H28N4O3/c1-2-24(32)18-7-6-8-20(17-18)30-23-15-16-29-26(28)25(23)31(27(30)33)19-11-13-22(14-12-19)34-21-9-4-3-5-10-21/h3-5,9-16,18,20H,2,6-8,17H2,1H3,(H2,28,29). The van der Waals surface area contributed by atoms with Gasteiger partial charge in [-0.1, -0.05) is 31.5 Å². The third-order valence-electron chi connectivity index (χ3n) is 6.70. The number of nitrogen functional groups attached to an aromatic ring is 1. The third-order valence-corrected chi connectivity index (χ3v) is 6.70. The monoisotopic (exact) mass is 456 g/mol. The molecule has 1 aliphatic carbocycles. The van der Waals surface area contributed by atoms with Gasteiger partial charge >= 0.3 is 5.69 Å². The number of fused-ring (bicyclic) bond motifs is 1. The molecule has 0 radical (unpaired) electrons. The highest BCUT2D eigenvalue weighted by atomic mass is 16.5. The number of ketones is 1. The Morgan fingerprint density at radius 1 is 1.06 bits per heavy atom. The summed E-state index contributed by atoms with van der Waals surface area (Å²) in [5, 5.41) is 0. The average molecular weight is 457 g/mol. The number of rotatable bonds is 6. The molecule has 1 saturated carbocycles. The van der Waals surface area contributed by atoms with E-state index in [0.717, 1.165) is 30.5 Å². The Bertz CT molecular complexity index is 1370. The summed E-state index contributed by atoms with van der Waals surface area (Å²) >= 11 is 0. The quantitative estimate of drug-likeness (QED) is 0.427. The minimum absolute atomic E-state index is 0.00246. The largest absolute Gasteiger partial charge is 0.457 e. The molecular formula is C27H28N4O3. The van der Waals surface area contributed by atoms with E-state index in [1.165, 1.54) is 0 Å². The van der Waals surface area contributed by atoms with Crippen molar-refractivity contribution < 1.29 is 9.53 Å². The van der Waals surface area contributed by atoms with Crippen LogP contribution in [0.25, 0.3) is 16.7 Å². The van der Waals surface area contributed by atoms with Crippen LogP contribution in [0.1, 0.15) is 45.1 Å². The first-order valence-corrected chi connectivity index (χ1v) is 11.8. The zero-order valence-electron chi connectivity index (χ0n) is 19.2. The van der Waals surface area contributed by atoms with Crippen LogP contribution in [0.3, 0.4) is 0 Å². The van der Waals surface area contributed by atoms with E-state index >= 15 is 0 Å². The molecule has 0 amide bonds. The molecule has 34 heavy (non-hydrogen) atoms. The third kappa shape index (κ3) is 3.98. The highest BCUT2D eigenvalue weighted by Crippen LogP contribution is 2.36. The van der Waals surface area contributed by atoms with Gasteiger partial charge in [-0.05, 0) is 61.7 Å². The van der Waals surface area contributed by atoms with Crippen molar-refractivity contribution in [3.8, 4) is 17.2 Å². The van der Waals surface area contributed by atoms with Gasteiger partial charge in [0.25, 0.3) is 0 Å². The molecule has 2 N–H and O–H groups in total. The number of aromatic nitrogens is 3. The van der Waals surface area contributed by atoms with Gasteiger partial charge < -0.3 is 10.5 Å². The van der Waals surface area contributed by atoms with Crippen molar-refractivity contribution in [2.45, 2.75) is 45.1 Å². The summed E-state index contributed by atoms with van der Waals surface area (Å²) in [6.07, 6.45) is 5.51. The van der Waals surface area contributed by atoms with E-state index in [1.807, 2.05) is 72.2 Å². The van der Waals surface area contributed by atoms with Crippen LogP contribution in [0.4, 0.5) is 5.82 Å². The van der Waals surface area contributed by atoms with Crippen molar-refractivity contribution in [3.63, 3.8) is 0 Å². The van der Waals surface area contributed by atoms with Crippen LogP contribution in [0.2, 0.25) is 0 Å². The second kappa shape index (κ2) is 9.17. The minimum Gasteiger partial charge on any atom is -0.457 e. The van der Waals surface area contributed by atoms with Crippen LogP contribution in [0.15, 0.2) is 71.7 Å². The second-order valence-electron chi connectivity index (χ2n) is 8.80. The maximum absolute atomic E-state index is 13.8. The molecule has 0 aliphatic heterocycles. The number of hydrogen-bond donors (Lipinski definition) is 1. The molecule has 1 fully saturated rings. The molecule has 4 aromatic rings. The van der Waals surface area contributed by atoms with Crippen molar-refractivity contribution in [2.75, 3.05) is 5.73 Å². The number of para-hydroxylation sites is 1. The molecule has 2 atom stereocenters. The number of nitrogens with two attached hydrogens (primary N) is 1. The van der Waals surface area contributed by atoms with Gasteiger partial charge in [0.1, 0.15) is 28.6 Å². The molecule has 174 valence electrons. The lowest BCUT2D eigenvalue weighted by atomic mass is 9.82. The second-order valence-corrected chi connectivity index (χ2v) is 8.80. The maximum atomic E-state index is 13.8. The van der Waals surface area contributed by atoms with E-state index < -0.39 is 0 Å². The fourth-order valence-corrected chi connectivity index (χ4v) is 5.05. The van der Waals surface area contributed by atoms with Crippen LogP contribution in [-0.4, -0.2) is 19.9 Å². The Morgan fingerprint density at radius 2 is 1.79 bits per heavy atom. The summed E-state index contributed by atoms with van der Waals surface area (Å²) in [6.45, 7) is 1.90. The van der Waals surface area contributed by atoms with Crippen molar-refractivity contribution >= 4 is 22.6 Å². The molecule has 5 rings (SSSR count). The number of carbonyl (C=O) groups is 1. The Labute approximate surface area is 197 Å². The molecule has 0 saturated heterocycles. The molecule has 0 bridgehead atoms. The van der Waals surface area contributed by atoms with E-state index in [0.29, 0.717) is 35.6 Å². The van der Waals surface area contributed by atoms with Gasteiger partial charge in [0.2, 0.25) is 0 Å². The first-order chi connectivity index (χ1) is 16.6. The predicted octanol–water partition coefficient (Wildman–Crippen LogP) is 5.27. The number of ether oxygens (including phenoxy) is 1. The van der Waals surface area contributed by atoms with Gasteiger partial charge in [-0.2, -0.15) is 0 Å². The van der Waals surface area contributed by atoms with Crippen LogP contribution in [-0.2, 0) is 4.79 Å². The molecule has 2 aromatic carbocycles. The molecule has 7 nitrogen and oxygen atoms in total. The number of carbonyl (C=O) groups excluding carboxylic acids is 1. The average Bonchev–Trinajstić information content (AvgIpc) is 3.17. The molecular weight excluding hydrogens is 428 g/mol. The van der Waals surface area contributed by atoms with Gasteiger partial charge in [0.05, 0.1) is 11.2 Å². The van der Waals surface area contributed by atoms with Gasteiger partial charge in [-0.3, -0.25) is 13.9 Å². The normalized spacial score (nSPS) is 18.1. The van der Waals surface area contributed by atoms with Crippen molar-refractivity contribution in [1.29, 1.82) is 0 Å². The zero-order chi connectivity index (χ0) is 23.7. The van der Waals surface area contributed by atoms with E-state index in [1.54, 1.807) is 10.8 Å². The number of nitrogens with zero attached hydrogens (tertiary/aromatic N) is 3. The van der Waals surface area contributed by atoms with E-state index in [4.69, 9.17) is 10.5 Å². The summed E-state index contributed by atoms with van der Waals surface area (Å²) in [6, 6.07) is 18.7. The smallest absolute Gasteiger partial charge is 0.334 e. The molecule has 2 heterocycles. The lowest BCUT2D eigenvalue weighted by molar-refractivity contribution is -0.123. The molecule has 0 spiro atoms. The van der Waals surface area contributed by atoms with E-state index in [-0.39, 0.29) is 23.4 Å². The number of Topliss-reactive ketones (excluding diaryl/α,β-unsaturated/α-hetero) is 1.